The Kier molecular flexibility index (Phi) is 3.67. The van der Waals surface area contributed by atoms with Gasteiger partial charge in [-0.05, 0) is 31.9 Å². The summed E-state index contributed by atoms with van der Waals surface area (Å²) >= 11 is 0. The third kappa shape index (κ3) is 2.78. The van der Waals surface area contributed by atoms with E-state index in [1.165, 1.54) is 6.42 Å². The second kappa shape index (κ2) is 5.21. The van der Waals surface area contributed by atoms with Gasteiger partial charge in [0.1, 0.15) is 5.75 Å². The van der Waals surface area contributed by atoms with Gasteiger partial charge in [-0.25, -0.2) is 0 Å². The molecular formula is C14H19NO2. The molecule has 2 N–H and O–H groups in total. The van der Waals surface area contributed by atoms with E-state index in [0.29, 0.717) is 0 Å². The maximum absolute atomic E-state index is 12.0. The van der Waals surface area contributed by atoms with Crippen molar-refractivity contribution in [1.82, 2.24) is 0 Å². The van der Waals surface area contributed by atoms with Gasteiger partial charge in [0.15, 0.2) is 0 Å². The first-order valence-electron chi connectivity index (χ1n) is 6.28. The Balaban J connectivity index is 2.04. The molecule has 2 rings (SSSR count). The van der Waals surface area contributed by atoms with E-state index in [0.717, 1.165) is 36.9 Å². The number of carbonyl (C=O) groups excluding carboxylic acids is 1. The fraction of sp³-hybridized carbons (Fsp3) is 0.500. The summed E-state index contributed by atoms with van der Waals surface area (Å²) in [5.41, 5.74) is 1.46. The molecule has 3 heteroatoms. The Labute approximate surface area is 102 Å². The molecule has 1 aliphatic carbocycles. The van der Waals surface area contributed by atoms with Gasteiger partial charge in [-0.3, -0.25) is 4.79 Å². The Morgan fingerprint density at radius 1 is 1.29 bits per heavy atom. The Bertz CT molecular complexity index is 409. The van der Waals surface area contributed by atoms with Crippen molar-refractivity contribution in [1.29, 1.82) is 0 Å². The van der Waals surface area contributed by atoms with Gasteiger partial charge in [0.25, 0.3) is 0 Å². The Hall–Kier alpha value is -1.51. The third-order valence-electron chi connectivity index (χ3n) is 3.54. The minimum absolute atomic E-state index is 0.0957. The lowest BCUT2D eigenvalue weighted by Gasteiger charge is -2.21. The van der Waals surface area contributed by atoms with Crippen molar-refractivity contribution in [3.63, 3.8) is 0 Å². The lowest BCUT2D eigenvalue weighted by molar-refractivity contribution is -0.120. The summed E-state index contributed by atoms with van der Waals surface area (Å²) in [5, 5.41) is 12.5. The number of amides is 1. The van der Waals surface area contributed by atoms with E-state index in [2.05, 4.69) is 5.32 Å². The van der Waals surface area contributed by atoms with Gasteiger partial charge in [0, 0.05) is 17.2 Å². The van der Waals surface area contributed by atoms with E-state index in [9.17, 15) is 9.90 Å². The van der Waals surface area contributed by atoms with Crippen molar-refractivity contribution in [2.24, 2.45) is 5.92 Å². The number of nitrogens with one attached hydrogen (secondary N) is 1. The zero-order valence-electron chi connectivity index (χ0n) is 10.2. The van der Waals surface area contributed by atoms with E-state index >= 15 is 0 Å². The van der Waals surface area contributed by atoms with Crippen LogP contribution in [0.2, 0.25) is 0 Å². The summed E-state index contributed by atoms with van der Waals surface area (Å²) in [4.78, 5) is 12.0. The van der Waals surface area contributed by atoms with Crippen molar-refractivity contribution in [3.05, 3.63) is 23.8 Å². The second-order valence-corrected chi connectivity index (χ2v) is 4.77. The average Bonchev–Trinajstić information content (AvgIpc) is 2.36. The molecule has 1 aromatic carbocycles. The number of hydrogen-bond donors (Lipinski definition) is 2. The van der Waals surface area contributed by atoms with Crippen LogP contribution in [0.15, 0.2) is 18.2 Å². The van der Waals surface area contributed by atoms with Crippen molar-refractivity contribution >= 4 is 11.6 Å². The normalized spacial score (nSPS) is 16.8. The zero-order valence-corrected chi connectivity index (χ0v) is 10.2. The lowest BCUT2D eigenvalue weighted by Crippen LogP contribution is -2.25. The zero-order chi connectivity index (χ0) is 12.3. The van der Waals surface area contributed by atoms with Gasteiger partial charge in [-0.2, -0.15) is 0 Å². The summed E-state index contributed by atoms with van der Waals surface area (Å²) in [5.74, 6) is 0.468. The van der Waals surface area contributed by atoms with E-state index in [1.54, 1.807) is 12.1 Å². The molecule has 0 aromatic heterocycles. The highest BCUT2D eigenvalue weighted by Crippen LogP contribution is 2.27. The van der Waals surface area contributed by atoms with E-state index in [4.69, 9.17) is 0 Å². The molecule has 1 saturated carbocycles. The van der Waals surface area contributed by atoms with E-state index < -0.39 is 0 Å². The average molecular weight is 233 g/mol. The van der Waals surface area contributed by atoms with Crippen LogP contribution < -0.4 is 5.32 Å². The second-order valence-electron chi connectivity index (χ2n) is 4.77. The van der Waals surface area contributed by atoms with E-state index in [1.807, 2.05) is 13.0 Å². The summed E-state index contributed by atoms with van der Waals surface area (Å²) in [6.07, 6.45) is 5.52. The number of benzene rings is 1. The molecule has 0 unspecified atom stereocenters. The van der Waals surface area contributed by atoms with Gasteiger partial charge in [0.05, 0.1) is 0 Å². The van der Waals surface area contributed by atoms with Gasteiger partial charge in [-0.15, -0.1) is 0 Å². The molecule has 1 aromatic rings. The molecule has 3 nitrogen and oxygen atoms in total. The summed E-state index contributed by atoms with van der Waals surface area (Å²) in [7, 11) is 0. The molecule has 0 aliphatic heterocycles. The molecule has 1 fully saturated rings. The summed E-state index contributed by atoms with van der Waals surface area (Å²) in [6, 6.07) is 5.21. The summed E-state index contributed by atoms with van der Waals surface area (Å²) < 4.78 is 0. The molecule has 17 heavy (non-hydrogen) atoms. The van der Waals surface area contributed by atoms with E-state index in [-0.39, 0.29) is 17.6 Å². The molecular weight excluding hydrogens is 214 g/mol. The maximum Gasteiger partial charge on any atom is 0.227 e. The van der Waals surface area contributed by atoms with Crippen LogP contribution >= 0.6 is 0 Å². The van der Waals surface area contributed by atoms with Crippen molar-refractivity contribution in [2.75, 3.05) is 5.32 Å². The molecule has 92 valence electrons. The van der Waals surface area contributed by atoms with Gasteiger partial charge in [0.2, 0.25) is 5.91 Å². The van der Waals surface area contributed by atoms with Crippen LogP contribution in [0.3, 0.4) is 0 Å². The molecule has 0 saturated heterocycles. The number of aromatic hydroxyl groups is 1. The number of carbonyl (C=O) groups is 1. The Morgan fingerprint density at radius 2 is 2.00 bits per heavy atom. The van der Waals surface area contributed by atoms with Crippen molar-refractivity contribution in [3.8, 4) is 5.75 Å². The van der Waals surface area contributed by atoms with Gasteiger partial charge < -0.3 is 10.4 Å². The molecule has 0 spiro atoms. The fourth-order valence-corrected chi connectivity index (χ4v) is 2.36. The smallest absolute Gasteiger partial charge is 0.227 e. The lowest BCUT2D eigenvalue weighted by atomic mass is 9.88. The number of phenols is 1. The topological polar surface area (TPSA) is 49.3 Å². The number of hydrogen-bond acceptors (Lipinski definition) is 2. The van der Waals surface area contributed by atoms with Crippen molar-refractivity contribution in [2.45, 2.75) is 39.0 Å². The van der Waals surface area contributed by atoms with Crippen LogP contribution in [0.1, 0.15) is 37.7 Å². The highest BCUT2D eigenvalue weighted by Gasteiger charge is 2.21. The predicted octanol–water partition coefficient (Wildman–Crippen LogP) is 3.22. The molecule has 0 radical (unpaired) electrons. The minimum Gasteiger partial charge on any atom is -0.508 e. The first-order chi connectivity index (χ1) is 8.18. The SMILES string of the molecule is Cc1c(O)cccc1NC(=O)C1CCCCC1. The van der Waals surface area contributed by atoms with Crippen LogP contribution in [0.5, 0.6) is 5.75 Å². The molecule has 1 amide bonds. The predicted molar refractivity (Wildman–Crippen MR) is 68.0 cm³/mol. The fourth-order valence-electron chi connectivity index (χ4n) is 2.36. The van der Waals surface area contributed by atoms with Gasteiger partial charge in [-0.1, -0.05) is 25.3 Å². The Morgan fingerprint density at radius 3 is 2.71 bits per heavy atom. The third-order valence-corrected chi connectivity index (χ3v) is 3.54. The number of anilines is 1. The van der Waals surface area contributed by atoms with Crippen LogP contribution in [0.4, 0.5) is 5.69 Å². The first kappa shape index (κ1) is 12.0. The standard InChI is InChI=1S/C14H19NO2/c1-10-12(8-5-9-13(10)16)15-14(17)11-6-3-2-4-7-11/h5,8-9,11,16H,2-4,6-7H2,1H3,(H,15,17). The molecule has 0 heterocycles. The molecule has 0 bridgehead atoms. The van der Waals surface area contributed by atoms with Crippen molar-refractivity contribution < 1.29 is 9.90 Å². The largest absolute Gasteiger partial charge is 0.508 e. The first-order valence-corrected chi connectivity index (χ1v) is 6.28. The van der Waals surface area contributed by atoms with Crippen LogP contribution in [-0.2, 0) is 4.79 Å². The summed E-state index contributed by atoms with van der Waals surface area (Å²) in [6.45, 7) is 1.81. The molecule has 1 aliphatic rings. The highest BCUT2D eigenvalue weighted by atomic mass is 16.3. The minimum atomic E-state index is 0.0957. The van der Waals surface area contributed by atoms with Gasteiger partial charge >= 0.3 is 0 Å². The van der Waals surface area contributed by atoms with Crippen LogP contribution in [0, 0.1) is 12.8 Å². The maximum atomic E-state index is 12.0. The number of rotatable bonds is 2. The monoisotopic (exact) mass is 233 g/mol. The molecule has 0 atom stereocenters. The van der Waals surface area contributed by atoms with Crippen LogP contribution in [-0.4, -0.2) is 11.0 Å². The quantitative estimate of drug-likeness (QED) is 0.824. The highest BCUT2D eigenvalue weighted by molar-refractivity contribution is 5.93. The van der Waals surface area contributed by atoms with Crippen LogP contribution in [0.25, 0.3) is 0 Å². The number of phenolic OH excluding ortho intramolecular Hbond substituents is 1.